The van der Waals surface area contributed by atoms with Crippen LogP contribution in [0, 0.1) is 0 Å². The van der Waals surface area contributed by atoms with E-state index in [-0.39, 0.29) is 19.7 Å². The van der Waals surface area contributed by atoms with Gasteiger partial charge in [0.25, 0.3) is 5.92 Å². The van der Waals surface area contributed by atoms with Gasteiger partial charge >= 0.3 is 6.09 Å². The van der Waals surface area contributed by atoms with E-state index in [2.05, 4.69) is 4.74 Å². The number of alkyl halides is 2. The second-order valence-electron chi connectivity index (χ2n) is 3.26. The molecular formula is C8H14F2N2O2. The number of hydrogen-bond acceptors (Lipinski definition) is 3. The lowest BCUT2D eigenvalue weighted by Gasteiger charge is -2.35. The molecule has 1 aliphatic heterocycles. The predicted molar refractivity (Wildman–Crippen MR) is 46.1 cm³/mol. The first-order chi connectivity index (χ1) is 6.47. The van der Waals surface area contributed by atoms with Gasteiger partial charge in [0.15, 0.2) is 0 Å². The van der Waals surface area contributed by atoms with Crippen molar-refractivity contribution in [3.05, 3.63) is 0 Å². The fourth-order valence-electron chi connectivity index (χ4n) is 1.31. The minimum absolute atomic E-state index is 0.000463. The normalized spacial score (nSPS) is 26.0. The van der Waals surface area contributed by atoms with Crippen molar-refractivity contribution in [3.63, 3.8) is 0 Å². The smallest absolute Gasteiger partial charge is 0.409 e. The van der Waals surface area contributed by atoms with Crippen molar-refractivity contribution in [2.24, 2.45) is 5.73 Å². The second-order valence-corrected chi connectivity index (χ2v) is 3.26. The van der Waals surface area contributed by atoms with Gasteiger partial charge in [-0.2, -0.15) is 0 Å². The van der Waals surface area contributed by atoms with Crippen molar-refractivity contribution in [2.45, 2.75) is 25.3 Å². The largest absolute Gasteiger partial charge is 0.450 e. The Balaban J connectivity index is 2.50. The number of nitrogens with two attached hydrogens (primary N) is 1. The molecule has 0 aromatic rings. The van der Waals surface area contributed by atoms with Crippen molar-refractivity contribution in [2.75, 3.05) is 19.7 Å². The highest BCUT2D eigenvalue weighted by Gasteiger charge is 2.43. The van der Waals surface area contributed by atoms with Crippen molar-refractivity contribution in [3.8, 4) is 0 Å². The highest BCUT2D eigenvalue weighted by Crippen LogP contribution is 2.27. The molecule has 0 aromatic heterocycles. The average molecular weight is 208 g/mol. The minimum atomic E-state index is -2.87. The highest BCUT2D eigenvalue weighted by atomic mass is 19.3. The van der Waals surface area contributed by atoms with E-state index in [0.29, 0.717) is 0 Å². The fraction of sp³-hybridized carbons (Fsp3) is 0.875. The van der Waals surface area contributed by atoms with E-state index in [1.54, 1.807) is 6.92 Å². The minimum Gasteiger partial charge on any atom is -0.450 e. The van der Waals surface area contributed by atoms with E-state index in [9.17, 15) is 13.6 Å². The number of carbonyl (C=O) groups excluding carboxylic acids is 1. The molecule has 0 aliphatic carbocycles. The van der Waals surface area contributed by atoms with Gasteiger partial charge in [-0.15, -0.1) is 0 Å². The molecule has 0 radical (unpaired) electrons. The number of ether oxygens (including phenoxy) is 1. The van der Waals surface area contributed by atoms with Gasteiger partial charge in [-0.05, 0) is 6.92 Å². The van der Waals surface area contributed by atoms with Gasteiger partial charge in [0.1, 0.15) is 0 Å². The van der Waals surface area contributed by atoms with Crippen LogP contribution in [0.1, 0.15) is 13.3 Å². The van der Waals surface area contributed by atoms with Crippen LogP contribution in [-0.4, -0.2) is 42.7 Å². The third kappa shape index (κ3) is 2.31. The molecular weight excluding hydrogens is 194 g/mol. The molecule has 1 fully saturated rings. The van der Waals surface area contributed by atoms with Crippen LogP contribution in [0.25, 0.3) is 0 Å². The maximum Gasteiger partial charge on any atom is 0.409 e. The third-order valence-electron chi connectivity index (χ3n) is 2.20. The summed E-state index contributed by atoms with van der Waals surface area (Å²) in [4.78, 5) is 12.4. The Labute approximate surface area is 81.0 Å². The van der Waals surface area contributed by atoms with E-state index < -0.39 is 24.5 Å². The first-order valence-electron chi connectivity index (χ1n) is 4.52. The monoisotopic (exact) mass is 208 g/mol. The van der Waals surface area contributed by atoms with E-state index in [1.807, 2.05) is 0 Å². The molecule has 1 saturated heterocycles. The van der Waals surface area contributed by atoms with Gasteiger partial charge in [-0.25, -0.2) is 13.6 Å². The van der Waals surface area contributed by atoms with Crippen LogP contribution in [0.2, 0.25) is 0 Å². The molecule has 6 heteroatoms. The van der Waals surface area contributed by atoms with Gasteiger partial charge in [-0.3, -0.25) is 0 Å². The lowest BCUT2D eigenvalue weighted by Crippen LogP contribution is -2.56. The molecule has 1 rings (SSSR count). The van der Waals surface area contributed by atoms with Gasteiger partial charge in [-0.1, -0.05) is 0 Å². The Bertz CT molecular complexity index is 223. The van der Waals surface area contributed by atoms with Crippen LogP contribution in [-0.2, 0) is 4.74 Å². The van der Waals surface area contributed by atoms with Crippen LogP contribution in [0.4, 0.5) is 13.6 Å². The molecule has 1 unspecified atom stereocenters. The summed E-state index contributed by atoms with van der Waals surface area (Å²) in [5, 5.41) is 0. The van der Waals surface area contributed by atoms with E-state index >= 15 is 0 Å². The van der Waals surface area contributed by atoms with Crippen LogP contribution >= 0.6 is 0 Å². The van der Waals surface area contributed by atoms with Crippen LogP contribution in [0.5, 0.6) is 0 Å². The number of piperidine rings is 1. The summed E-state index contributed by atoms with van der Waals surface area (Å²) in [7, 11) is 0. The molecule has 1 heterocycles. The molecule has 0 spiro atoms. The Morgan fingerprint density at radius 2 is 2.36 bits per heavy atom. The molecule has 82 valence electrons. The van der Waals surface area contributed by atoms with Crippen LogP contribution < -0.4 is 5.73 Å². The lowest BCUT2D eigenvalue weighted by molar-refractivity contribution is -0.0690. The van der Waals surface area contributed by atoms with E-state index in [4.69, 9.17) is 5.73 Å². The number of hydrogen-bond donors (Lipinski definition) is 1. The maximum atomic E-state index is 12.9. The van der Waals surface area contributed by atoms with Crippen molar-refractivity contribution < 1.29 is 18.3 Å². The van der Waals surface area contributed by atoms with E-state index in [1.165, 1.54) is 4.90 Å². The topological polar surface area (TPSA) is 55.6 Å². The first kappa shape index (κ1) is 11.2. The number of rotatable bonds is 1. The number of halogens is 2. The summed E-state index contributed by atoms with van der Waals surface area (Å²) in [6.07, 6.45) is -0.967. The first-order valence-corrected chi connectivity index (χ1v) is 4.52. The SMILES string of the molecule is CCOC(=O)N1CCC(F)(F)C(N)C1. The average Bonchev–Trinajstić information content (AvgIpc) is 2.10. The van der Waals surface area contributed by atoms with Crippen molar-refractivity contribution in [1.82, 2.24) is 4.90 Å². The lowest BCUT2D eigenvalue weighted by atomic mass is 10.0. The highest BCUT2D eigenvalue weighted by molar-refractivity contribution is 5.67. The summed E-state index contributed by atoms with van der Waals surface area (Å²) >= 11 is 0. The quantitative estimate of drug-likeness (QED) is 0.693. The van der Waals surface area contributed by atoms with Crippen LogP contribution in [0.3, 0.4) is 0 Å². The van der Waals surface area contributed by atoms with Crippen LogP contribution in [0.15, 0.2) is 0 Å². The predicted octanol–water partition coefficient (Wildman–Crippen LogP) is 0.811. The summed E-state index contributed by atoms with van der Waals surface area (Å²) in [5.74, 6) is -2.87. The van der Waals surface area contributed by atoms with Gasteiger partial charge in [0, 0.05) is 19.5 Å². The number of carbonyl (C=O) groups is 1. The zero-order valence-electron chi connectivity index (χ0n) is 8.00. The summed E-state index contributed by atoms with van der Waals surface area (Å²) < 4.78 is 30.5. The van der Waals surface area contributed by atoms with Gasteiger partial charge in [0.05, 0.1) is 12.6 Å². The zero-order chi connectivity index (χ0) is 10.8. The Morgan fingerprint density at radius 3 is 2.86 bits per heavy atom. The zero-order valence-corrected chi connectivity index (χ0v) is 8.00. The molecule has 1 atom stereocenters. The van der Waals surface area contributed by atoms with Crippen molar-refractivity contribution in [1.29, 1.82) is 0 Å². The third-order valence-corrected chi connectivity index (χ3v) is 2.20. The van der Waals surface area contributed by atoms with E-state index in [0.717, 1.165) is 0 Å². The fourth-order valence-corrected chi connectivity index (χ4v) is 1.31. The molecule has 1 aliphatic rings. The molecule has 14 heavy (non-hydrogen) atoms. The molecule has 1 amide bonds. The number of nitrogens with zero attached hydrogens (tertiary/aromatic N) is 1. The summed E-state index contributed by atoms with van der Waals surface area (Å²) in [6, 6.07) is -1.29. The molecule has 0 saturated carbocycles. The molecule has 4 nitrogen and oxygen atoms in total. The maximum absolute atomic E-state index is 12.9. The summed E-state index contributed by atoms with van der Waals surface area (Å²) in [5.41, 5.74) is 5.24. The second kappa shape index (κ2) is 4.08. The Morgan fingerprint density at radius 1 is 1.71 bits per heavy atom. The molecule has 0 bridgehead atoms. The standard InChI is InChI=1S/C8H14F2N2O2/c1-2-14-7(13)12-4-3-8(9,10)6(11)5-12/h6H,2-5,11H2,1H3. The molecule has 0 aromatic carbocycles. The van der Waals surface area contributed by atoms with Gasteiger partial charge < -0.3 is 15.4 Å². The Hall–Kier alpha value is -0.910. The van der Waals surface area contributed by atoms with Gasteiger partial charge in [0.2, 0.25) is 0 Å². The number of amides is 1. The number of likely N-dealkylation sites (tertiary alicyclic amines) is 1. The molecule has 2 N–H and O–H groups in total. The Kier molecular flexibility index (Phi) is 3.25. The van der Waals surface area contributed by atoms with Crippen molar-refractivity contribution >= 4 is 6.09 Å². The summed E-state index contributed by atoms with van der Waals surface area (Å²) in [6.45, 7) is 1.75.